The third kappa shape index (κ3) is 5.13. The highest BCUT2D eigenvalue weighted by molar-refractivity contribution is 5.92. The summed E-state index contributed by atoms with van der Waals surface area (Å²) in [6.07, 6.45) is 2.10. The van der Waals surface area contributed by atoms with Crippen molar-refractivity contribution in [2.45, 2.75) is 19.8 Å². The van der Waals surface area contributed by atoms with Gasteiger partial charge in [-0.15, -0.1) is 0 Å². The summed E-state index contributed by atoms with van der Waals surface area (Å²) in [5.41, 5.74) is 2.44. The van der Waals surface area contributed by atoms with Crippen molar-refractivity contribution in [1.29, 1.82) is 0 Å². The van der Waals surface area contributed by atoms with E-state index >= 15 is 0 Å². The minimum absolute atomic E-state index is 0.394. The molecule has 0 aliphatic heterocycles. The molecule has 0 amide bonds. The van der Waals surface area contributed by atoms with Crippen molar-refractivity contribution in [3.63, 3.8) is 0 Å². The molecule has 4 heteroatoms. The number of esters is 1. The van der Waals surface area contributed by atoms with Gasteiger partial charge in [0.05, 0.1) is 19.3 Å². The van der Waals surface area contributed by atoms with Crippen LogP contribution in [0.15, 0.2) is 72.8 Å². The lowest BCUT2D eigenvalue weighted by Crippen LogP contribution is -2.08. The standard InChI is InChI=1S/C24H24O4/c1-3-4-16-27-22-12-14-23(15-13-22)28-24(25)20-7-5-6-19(17-20)18-8-10-21(26-2)11-9-18/h5-15,17H,3-4,16H2,1-2H3. The lowest BCUT2D eigenvalue weighted by molar-refractivity contribution is 0.0734. The molecule has 144 valence electrons. The summed E-state index contributed by atoms with van der Waals surface area (Å²) in [7, 11) is 1.63. The van der Waals surface area contributed by atoms with E-state index in [1.54, 1.807) is 25.3 Å². The van der Waals surface area contributed by atoms with E-state index in [0.29, 0.717) is 17.9 Å². The molecule has 3 rings (SSSR count). The zero-order chi connectivity index (χ0) is 19.8. The van der Waals surface area contributed by atoms with E-state index in [9.17, 15) is 4.79 Å². The van der Waals surface area contributed by atoms with Gasteiger partial charge in [0.1, 0.15) is 17.2 Å². The van der Waals surface area contributed by atoms with Gasteiger partial charge >= 0.3 is 5.97 Å². The first-order chi connectivity index (χ1) is 13.7. The molecule has 0 spiro atoms. The Hall–Kier alpha value is -3.27. The molecule has 28 heavy (non-hydrogen) atoms. The van der Waals surface area contributed by atoms with Crippen LogP contribution < -0.4 is 14.2 Å². The minimum atomic E-state index is -0.394. The van der Waals surface area contributed by atoms with E-state index in [1.165, 1.54) is 0 Å². The molecule has 0 saturated heterocycles. The summed E-state index contributed by atoms with van der Waals surface area (Å²) in [5.74, 6) is 1.66. The van der Waals surface area contributed by atoms with Crippen molar-refractivity contribution < 1.29 is 19.0 Å². The van der Waals surface area contributed by atoms with Crippen LogP contribution in [0.2, 0.25) is 0 Å². The lowest BCUT2D eigenvalue weighted by atomic mass is 10.0. The van der Waals surface area contributed by atoms with Crippen LogP contribution in [0.1, 0.15) is 30.1 Å². The number of hydrogen-bond donors (Lipinski definition) is 0. The molecule has 0 heterocycles. The number of ether oxygens (including phenoxy) is 3. The second kappa shape index (κ2) is 9.60. The SMILES string of the molecule is CCCCOc1ccc(OC(=O)c2cccc(-c3ccc(OC)cc3)c2)cc1. The van der Waals surface area contributed by atoms with Crippen molar-refractivity contribution in [3.8, 4) is 28.4 Å². The van der Waals surface area contributed by atoms with Crippen molar-refractivity contribution in [2.24, 2.45) is 0 Å². The van der Waals surface area contributed by atoms with Crippen molar-refractivity contribution in [3.05, 3.63) is 78.4 Å². The number of unbranched alkanes of at least 4 members (excludes halogenated alkanes) is 1. The average Bonchev–Trinajstić information content (AvgIpc) is 2.75. The Morgan fingerprint density at radius 2 is 1.50 bits per heavy atom. The summed E-state index contributed by atoms with van der Waals surface area (Å²) < 4.78 is 16.3. The maximum Gasteiger partial charge on any atom is 0.343 e. The zero-order valence-electron chi connectivity index (χ0n) is 16.2. The predicted molar refractivity (Wildman–Crippen MR) is 110 cm³/mol. The average molecular weight is 376 g/mol. The second-order valence-electron chi connectivity index (χ2n) is 6.37. The Morgan fingerprint density at radius 3 is 2.18 bits per heavy atom. The summed E-state index contributed by atoms with van der Waals surface area (Å²) in [5, 5.41) is 0. The molecule has 0 atom stereocenters. The summed E-state index contributed by atoms with van der Waals surface area (Å²) >= 11 is 0. The maximum atomic E-state index is 12.5. The van der Waals surface area contributed by atoms with Gasteiger partial charge in [0.25, 0.3) is 0 Å². The van der Waals surface area contributed by atoms with E-state index in [0.717, 1.165) is 35.5 Å². The molecule has 4 nitrogen and oxygen atoms in total. The molecule has 0 fully saturated rings. The van der Waals surface area contributed by atoms with Crippen LogP contribution in [0.5, 0.6) is 17.2 Å². The van der Waals surface area contributed by atoms with Crippen LogP contribution in [0.4, 0.5) is 0 Å². The summed E-state index contributed by atoms with van der Waals surface area (Å²) in [4.78, 5) is 12.5. The quantitative estimate of drug-likeness (QED) is 0.285. The van der Waals surface area contributed by atoms with E-state index in [2.05, 4.69) is 6.92 Å². The third-order valence-electron chi connectivity index (χ3n) is 4.32. The number of carbonyl (C=O) groups excluding carboxylic acids is 1. The molecule has 0 aromatic heterocycles. The largest absolute Gasteiger partial charge is 0.497 e. The van der Waals surface area contributed by atoms with Crippen molar-refractivity contribution >= 4 is 5.97 Å². The molecular weight excluding hydrogens is 352 g/mol. The second-order valence-corrected chi connectivity index (χ2v) is 6.37. The molecule has 0 unspecified atom stereocenters. The molecule has 0 radical (unpaired) electrons. The van der Waals surface area contributed by atoms with Gasteiger partial charge in [-0.25, -0.2) is 4.79 Å². The van der Waals surface area contributed by atoms with Gasteiger partial charge < -0.3 is 14.2 Å². The van der Waals surface area contributed by atoms with Gasteiger partial charge in [0.2, 0.25) is 0 Å². The van der Waals surface area contributed by atoms with Gasteiger partial charge in [-0.05, 0) is 66.1 Å². The number of carbonyl (C=O) groups is 1. The van der Waals surface area contributed by atoms with Gasteiger partial charge in [-0.3, -0.25) is 0 Å². The molecular formula is C24H24O4. The van der Waals surface area contributed by atoms with Crippen molar-refractivity contribution in [1.82, 2.24) is 0 Å². The number of rotatable bonds is 8. The normalized spacial score (nSPS) is 10.4. The van der Waals surface area contributed by atoms with Gasteiger partial charge in [0.15, 0.2) is 0 Å². The first-order valence-electron chi connectivity index (χ1n) is 9.39. The van der Waals surface area contributed by atoms with E-state index in [1.807, 2.05) is 54.6 Å². The van der Waals surface area contributed by atoms with E-state index < -0.39 is 5.97 Å². The first-order valence-corrected chi connectivity index (χ1v) is 9.39. The fourth-order valence-corrected chi connectivity index (χ4v) is 2.71. The number of methoxy groups -OCH3 is 1. The Morgan fingerprint density at radius 1 is 0.821 bits per heavy atom. The predicted octanol–water partition coefficient (Wildman–Crippen LogP) is 5.76. The fraction of sp³-hybridized carbons (Fsp3) is 0.208. The molecule has 0 aliphatic carbocycles. The van der Waals surface area contributed by atoms with Gasteiger partial charge in [0, 0.05) is 0 Å². The monoisotopic (exact) mass is 376 g/mol. The van der Waals surface area contributed by atoms with Crippen LogP contribution in [0.3, 0.4) is 0 Å². The molecule has 0 aliphatic rings. The molecule has 0 bridgehead atoms. The van der Waals surface area contributed by atoms with Crippen LogP contribution in [0, 0.1) is 0 Å². The molecule has 3 aromatic rings. The van der Waals surface area contributed by atoms with Crippen molar-refractivity contribution in [2.75, 3.05) is 13.7 Å². The zero-order valence-corrected chi connectivity index (χ0v) is 16.2. The van der Waals surface area contributed by atoms with Crippen LogP contribution >= 0.6 is 0 Å². The Labute approximate surface area is 165 Å². The molecule has 0 N–H and O–H groups in total. The van der Waals surface area contributed by atoms with E-state index in [-0.39, 0.29) is 0 Å². The Bertz CT molecular complexity index is 899. The maximum absolute atomic E-state index is 12.5. The Balaban J connectivity index is 1.67. The van der Waals surface area contributed by atoms with Gasteiger partial charge in [-0.1, -0.05) is 37.6 Å². The van der Waals surface area contributed by atoms with Crippen LogP contribution in [-0.4, -0.2) is 19.7 Å². The Kier molecular flexibility index (Phi) is 6.68. The minimum Gasteiger partial charge on any atom is -0.497 e. The molecule has 3 aromatic carbocycles. The highest BCUT2D eigenvalue weighted by Crippen LogP contribution is 2.24. The summed E-state index contributed by atoms with van der Waals surface area (Å²) in [6, 6.07) is 22.2. The smallest absolute Gasteiger partial charge is 0.343 e. The van der Waals surface area contributed by atoms with Crippen LogP contribution in [0.25, 0.3) is 11.1 Å². The lowest BCUT2D eigenvalue weighted by Gasteiger charge is -2.09. The fourth-order valence-electron chi connectivity index (χ4n) is 2.71. The summed E-state index contributed by atoms with van der Waals surface area (Å²) in [6.45, 7) is 2.81. The van der Waals surface area contributed by atoms with Gasteiger partial charge in [-0.2, -0.15) is 0 Å². The highest BCUT2D eigenvalue weighted by atomic mass is 16.5. The first kappa shape index (κ1) is 19.5. The topological polar surface area (TPSA) is 44.8 Å². The van der Waals surface area contributed by atoms with E-state index in [4.69, 9.17) is 14.2 Å². The third-order valence-corrected chi connectivity index (χ3v) is 4.32. The molecule has 0 saturated carbocycles. The number of hydrogen-bond acceptors (Lipinski definition) is 4. The highest BCUT2D eigenvalue weighted by Gasteiger charge is 2.10. The number of benzene rings is 3. The van der Waals surface area contributed by atoms with Crippen LogP contribution in [-0.2, 0) is 0 Å².